The molecule has 6 nitrogen and oxygen atoms in total. The summed E-state index contributed by atoms with van der Waals surface area (Å²) in [5, 5.41) is 1.36. The zero-order chi connectivity index (χ0) is 24.3. The van der Waals surface area contributed by atoms with Gasteiger partial charge in [-0.25, -0.2) is 16.8 Å². The third-order valence-corrected chi connectivity index (χ3v) is 9.80. The van der Waals surface area contributed by atoms with Gasteiger partial charge >= 0.3 is 59.1 Å². The van der Waals surface area contributed by atoms with Crippen LogP contribution in [0, 0.1) is 0 Å². The van der Waals surface area contributed by atoms with Crippen LogP contribution in [0.15, 0.2) is 58.3 Å². The van der Waals surface area contributed by atoms with Crippen molar-refractivity contribution in [1.82, 2.24) is 0 Å². The van der Waals surface area contributed by atoms with Gasteiger partial charge in [0.15, 0.2) is 0 Å². The van der Waals surface area contributed by atoms with E-state index in [2.05, 4.69) is 6.92 Å². The van der Waals surface area contributed by atoms with Gasteiger partial charge in [-0.05, 0) is 55.4 Å². The maximum Gasteiger partial charge on any atom is 1.00 e. The van der Waals surface area contributed by atoms with Crippen LogP contribution in [-0.2, 0) is 20.2 Å². The molecule has 0 amide bonds. The van der Waals surface area contributed by atoms with Crippen LogP contribution >= 0.6 is 7.92 Å². The van der Waals surface area contributed by atoms with Gasteiger partial charge in [0.1, 0.15) is 20.2 Å². The average molecular weight is 559 g/mol. The van der Waals surface area contributed by atoms with Gasteiger partial charge in [0.2, 0.25) is 0 Å². The van der Waals surface area contributed by atoms with E-state index in [1.807, 2.05) is 0 Å². The second-order valence-electron chi connectivity index (χ2n) is 8.24. The topological polar surface area (TPSA) is 114 Å². The first kappa shape index (κ1) is 35.7. The molecule has 2 aromatic carbocycles. The molecule has 0 radical (unpaired) electrons. The summed E-state index contributed by atoms with van der Waals surface area (Å²) in [4.78, 5) is -0.605. The molecule has 2 rings (SSSR count). The summed E-state index contributed by atoms with van der Waals surface area (Å²) >= 11 is 0. The predicted molar refractivity (Wildman–Crippen MR) is 132 cm³/mol. The molecule has 0 N–H and O–H groups in total. The zero-order valence-electron chi connectivity index (χ0n) is 21.1. The summed E-state index contributed by atoms with van der Waals surface area (Å²) in [7, 11) is -10.3. The Labute approximate surface area is 256 Å². The van der Waals surface area contributed by atoms with Crippen molar-refractivity contribution in [3.8, 4) is 0 Å². The minimum atomic E-state index is -4.60. The third kappa shape index (κ3) is 13.4. The summed E-state index contributed by atoms with van der Waals surface area (Å²) in [6.07, 6.45) is 12.6. The molecule has 35 heavy (non-hydrogen) atoms. The fourth-order valence-electron chi connectivity index (χ4n) is 3.78. The monoisotopic (exact) mass is 558 g/mol. The number of unbranched alkanes of at least 4 members (excludes halogenated alkanes) is 9. The molecule has 0 aliphatic heterocycles. The molecular weight excluding hydrogens is 525 g/mol. The van der Waals surface area contributed by atoms with E-state index in [1.165, 1.54) is 81.3 Å². The first-order valence-electron chi connectivity index (χ1n) is 11.5. The molecule has 11 heteroatoms. The minimum Gasteiger partial charge on any atom is -0.744 e. The number of hydrogen-bond donors (Lipinski definition) is 0. The maximum atomic E-state index is 11.5. The largest absolute Gasteiger partial charge is 1.00 e. The molecule has 0 heterocycles. The van der Waals surface area contributed by atoms with Gasteiger partial charge < -0.3 is 9.11 Å². The Morgan fingerprint density at radius 2 is 1.00 bits per heavy atom. The normalized spacial score (nSPS) is 11.7. The first-order chi connectivity index (χ1) is 15.6. The van der Waals surface area contributed by atoms with Gasteiger partial charge in [-0.3, -0.25) is 0 Å². The molecule has 0 unspecified atom stereocenters. The second kappa shape index (κ2) is 18.1. The van der Waals surface area contributed by atoms with Crippen LogP contribution in [0.4, 0.5) is 0 Å². The SMILES string of the molecule is CCCCCCCCCCCCP(c1cccc(S(=O)(=O)[O-])c1)c1cccc(S(=O)(=O)[O-])c1.[Na+].[Na+]. The molecule has 0 saturated heterocycles. The fraction of sp³-hybridized carbons (Fsp3) is 0.500. The van der Waals surface area contributed by atoms with Crippen LogP contribution in [0.2, 0.25) is 0 Å². The van der Waals surface area contributed by atoms with E-state index >= 15 is 0 Å². The van der Waals surface area contributed by atoms with E-state index in [9.17, 15) is 25.9 Å². The summed E-state index contributed by atoms with van der Waals surface area (Å²) in [5.41, 5.74) is 0. The van der Waals surface area contributed by atoms with Gasteiger partial charge in [0.25, 0.3) is 0 Å². The van der Waals surface area contributed by atoms with Crippen molar-refractivity contribution < 1.29 is 85.1 Å². The Morgan fingerprint density at radius 1 is 0.629 bits per heavy atom. The van der Waals surface area contributed by atoms with Crippen LogP contribution in [0.3, 0.4) is 0 Å². The molecule has 0 aliphatic rings. The Hall–Kier alpha value is 0.690. The van der Waals surface area contributed by atoms with Crippen molar-refractivity contribution in [3.63, 3.8) is 0 Å². The molecule has 184 valence electrons. The summed E-state index contributed by atoms with van der Waals surface area (Å²) in [5.74, 6) is 0. The summed E-state index contributed by atoms with van der Waals surface area (Å²) < 4.78 is 69.0. The van der Waals surface area contributed by atoms with E-state index in [0.29, 0.717) is 10.6 Å². The van der Waals surface area contributed by atoms with Crippen LogP contribution in [-0.4, -0.2) is 32.1 Å². The quantitative estimate of drug-likeness (QED) is 0.118. The van der Waals surface area contributed by atoms with Gasteiger partial charge in [0.05, 0.1) is 9.79 Å². The number of benzene rings is 2. The average Bonchev–Trinajstić information content (AvgIpc) is 2.76. The van der Waals surface area contributed by atoms with Crippen molar-refractivity contribution in [2.24, 2.45) is 0 Å². The van der Waals surface area contributed by atoms with Gasteiger partial charge in [-0.2, -0.15) is 0 Å². The molecule has 0 atom stereocenters. The number of rotatable bonds is 15. The molecule has 0 bridgehead atoms. The molecule has 2 aromatic rings. The smallest absolute Gasteiger partial charge is 0.744 e. The Kier molecular flexibility index (Phi) is 18.4. The summed E-state index contributed by atoms with van der Waals surface area (Å²) in [6, 6.07) is 11.9. The Morgan fingerprint density at radius 3 is 1.37 bits per heavy atom. The molecule has 0 aromatic heterocycles. The van der Waals surface area contributed by atoms with Crippen molar-refractivity contribution in [2.75, 3.05) is 6.16 Å². The molecule has 0 spiro atoms. The van der Waals surface area contributed by atoms with Crippen molar-refractivity contribution >= 4 is 38.8 Å². The second-order valence-corrected chi connectivity index (χ2v) is 13.3. The Bertz CT molecular complexity index is 1020. The van der Waals surface area contributed by atoms with E-state index in [1.54, 1.807) is 12.1 Å². The van der Waals surface area contributed by atoms with Gasteiger partial charge in [-0.15, -0.1) is 0 Å². The predicted octanol–water partition coefficient (Wildman–Crippen LogP) is -1.14. The van der Waals surface area contributed by atoms with E-state index in [0.717, 1.165) is 25.4 Å². The van der Waals surface area contributed by atoms with E-state index < -0.39 is 28.2 Å². The first-order valence-corrected chi connectivity index (χ1v) is 15.9. The zero-order valence-corrected chi connectivity index (χ0v) is 27.6. The van der Waals surface area contributed by atoms with Gasteiger partial charge in [-0.1, -0.05) is 89.0 Å². The Balaban J connectivity index is 0.00000578. The van der Waals surface area contributed by atoms with Crippen molar-refractivity contribution in [2.45, 2.75) is 80.9 Å². The third-order valence-electron chi connectivity index (χ3n) is 5.57. The molecule has 0 aliphatic carbocycles. The molecule has 0 saturated carbocycles. The van der Waals surface area contributed by atoms with Crippen molar-refractivity contribution in [1.29, 1.82) is 0 Å². The van der Waals surface area contributed by atoms with Crippen LogP contribution in [0.25, 0.3) is 0 Å². The minimum absolute atomic E-state index is 0. The van der Waals surface area contributed by atoms with E-state index in [4.69, 9.17) is 0 Å². The summed E-state index contributed by atoms with van der Waals surface area (Å²) in [6.45, 7) is 2.21. The van der Waals surface area contributed by atoms with Crippen LogP contribution < -0.4 is 69.7 Å². The number of hydrogen-bond acceptors (Lipinski definition) is 6. The fourth-order valence-corrected chi connectivity index (χ4v) is 7.46. The maximum absolute atomic E-state index is 11.5. The molecular formula is C24H33Na2O6PS2. The van der Waals surface area contributed by atoms with Crippen LogP contribution in [0.1, 0.15) is 71.1 Å². The van der Waals surface area contributed by atoms with Crippen LogP contribution in [0.5, 0.6) is 0 Å². The standard InChI is InChI=1S/C24H35O6PS2.2Na/c1-2-3-4-5-6-7-8-9-10-11-18-31(21-14-12-16-23(19-21)32(25,26)27)22-15-13-17-24(20-22)33(28,29)30;;/h12-17,19-20H,2-11,18H2,1H3,(H,25,26,27)(H,28,29,30);;/q;2*+1/p-2. The van der Waals surface area contributed by atoms with Gasteiger partial charge in [0, 0.05) is 0 Å². The van der Waals surface area contributed by atoms with E-state index in [-0.39, 0.29) is 68.9 Å². The van der Waals surface area contributed by atoms with Crippen molar-refractivity contribution in [3.05, 3.63) is 48.5 Å². The molecule has 0 fully saturated rings.